The van der Waals surface area contributed by atoms with Crippen molar-refractivity contribution >= 4 is 5.97 Å². The van der Waals surface area contributed by atoms with E-state index in [1.807, 2.05) is 37.3 Å². The van der Waals surface area contributed by atoms with Gasteiger partial charge in [-0.15, -0.1) is 0 Å². The van der Waals surface area contributed by atoms with Crippen LogP contribution in [0.3, 0.4) is 0 Å². The van der Waals surface area contributed by atoms with E-state index >= 15 is 0 Å². The fraction of sp³-hybridized carbons (Fsp3) is 0.250. The molecule has 1 atom stereocenters. The molecule has 1 heterocycles. The summed E-state index contributed by atoms with van der Waals surface area (Å²) in [6, 6.07) is 11.1. The SMILES string of the molecule is CCOC(=O)C(C)c1ccccc1Oc1cccnc1. The molecule has 20 heavy (non-hydrogen) atoms. The molecule has 0 bridgehead atoms. The molecule has 0 N–H and O–H groups in total. The first-order valence-corrected chi connectivity index (χ1v) is 6.55. The molecule has 1 aromatic heterocycles. The van der Waals surface area contributed by atoms with Gasteiger partial charge >= 0.3 is 5.97 Å². The first kappa shape index (κ1) is 14.1. The van der Waals surface area contributed by atoms with Crippen LogP contribution in [0.5, 0.6) is 11.5 Å². The highest BCUT2D eigenvalue weighted by atomic mass is 16.5. The Balaban J connectivity index is 2.24. The van der Waals surface area contributed by atoms with Crippen LogP contribution in [0.15, 0.2) is 48.8 Å². The van der Waals surface area contributed by atoms with Gasteiger partial charge in [0.2, 0.25) is 0 Å². The zero-order valence-corrected chi connectivity index (χ0v) is 11.6. The molecule has 104 valence electrons. The van der Waals surface area contributed by atoms with E-state index in [1.165, 1.54) is 0 Å². The number of ether oxygens (including phenoxy) is 2. The van der Waals surface area contributed by atoms with Crippen LogP contribution in [-0.4, -0.2) is 17.6 Å². The van der Waals surface area contributed by atoms with Gasteiger partial charge in [-0.25, -0.2) is 0 Å². The minimum Gasteiger partial charge on any atom is -0.466 e. The van der Waals surface area contributed by atoms with Crippen molar-refractivity contribution in [3.63, 3.8) is 0 Å². The molecule has 4 heteroatoms. The minimum absolute atomic E-state index is 0.255. The van der Waals surface area contributed by atoms with Crippen molar-refractivity contribution in [2.45, 2.75) is 19.8 Å². The minimum atomic E-state index is -0.372. The second kappa shape index (κ2) is 6.70. The van der Waals surface area contributed by atoms with E-state index in [1.54, 1.807) is 25.4 Å². The van der Waals surface area contributed by atoms with Crippen LogP contribution in [-0.2, 0) is 9.53 Å². The third-order valence-corrected chi connectivity index (χ3v) is 2.89. The summed E-state index contributed by atoms with van der Waals surface area (Å²) in [6.07, 6.45) is 3.31. The zero-order valence-electron chi connectivity index (χ0n) is 11.6. The highest BCUT2D eigenvalue weighted by molar-refractivity contribution is 5.78. The summed E-state index contributed by atoms with van der Waals surface area (Å²) in [4.78, 5) is 15.9. The van der Waals surface area contributed by atoms with Crippen LogP contribution in [0.1, 0.15) is 25.3 Å². The Bertz CT molecular complexity index is 569. The number of carbonyl (C=O) groups excluding carboxylic acids is 1. The van der Waals surface area contributed by atoms with Gasteiger partial charge in [-0.1, -0.05) is 18.2 Å². The van der Waals surface area contributed by atoms with Crippen molar-refractivity contribution in [1.82, 2.24) is 4.98 Å². The number of esters is 1. The number of hydrogen-bond donors (Lipinski definition) is 0. The van der Waals surface area contributed by atoms with E-state index in [-0.39, 0.29) is 11.9 Å². The topological polar surface area (TPSA) is 48.4 Å². The molecular formula is C16H17NO3. The number of nitrogens with zero attached hydrogens (tertiary/aromatic N) is 1. The lowest BCUT2D eigenvalue weighted by atomic mass is 10.0. The second-order valence-electron chi connectivity index (χ2n) is 4.30. The Kier molecular flexibility index (Phi) is 4.71. The number of pyridine rings is 1. The van der Waals surface area contributed by atoms with Crippen LogP contribution in [0.25, 0.3) is 0 Å². The maximum Gasteiger partial charge on any atom is 0.313 e. The third-order valence-electron chi connectivity index (χ3n) is 2.89. The van der Waals surface area contributed by atoms with E-state index in [0.717, 1.165) is 5.56 Å². The molecule has 0 aliphatic heterocycles. The van der Waals surface area contributed by atoms with Gasteiger partial charge in [0.1, 0.15) is 11.5 Å². The summed E-state index contributed by atoms with van der Waals surface area (Å²) in [5, 5.41) is 0. The number of carbonyl (C=O) groups is 1. The summed E-state index contributed by atoms with van der Waals surface area (Å²) in [6.45, 7) is 3.97. The van der Waals surface area contributed by atoms with Crippen molar-refractivity contribution < 1.29 is 14.3 Å². The van der Waals surface area contributed by atoms with E-state index in [4.69, 9.17) is 9.47 Å². The molecule has 0 saturated heterocycles. The molecule has 1 aromatic carbocycles. The lowest BCUT2D eigenvalue weighted by Crippen LogP contribution is -2.13. The normalized spacial score (nSPS) is 11.7. The summed E-state index contributed by atoms with van der Waals surface area (Å²) in [5.41, 5.74) is 0.801. The molecule has 0 radical (unpaired) electrons. The molecule has 0 amide bonds. The van der Waals surface area contributed by atoms with Crippen LogP contribution < -0.4 is 4.74 Å². The lowest BCUT2D eigenvalue weighted by molar-refractivity contribution is -0.144. The van der Waals surface area contributed by atoms with Crippen molar-refractivity contribution in [2.24, 2.45) is 0 Å². The third kappa shape index (κ3) is 3.35. The van der Waals surface area contributed by atoms with Gasteiger partial charge in [-0.05, 0) is 32.0 Å². The molecular weight excluding hydrogens is 254 g/mol. The first-order valence-electron chi connectivity index (χ1n) is 6.55. The Labute approximate surface area is 118 Å². The fourth-order valence-electron chi connectivity index (χ4n) is 1.86. The standard InChI is InChI=1S/C16H17NO3/c1-3-19-16(18)12(2)14-8-4-5-9-15(14)20-13-7-6-10-17-11-13/h4-12H,3H2,1-2H3. The Hall–Kier alpha value is -2.36. The average molecular weight is 271 g/mol. The van der Waals surface area contributed by atoms with Gasteiger partial charge in [0, 0.05) is 11.8 Å². The number of aromatic nitrogens is 1. The van der Waals surface area contributed by atoms with E-state index in [2.05, 4.69) is 4.98 Å². The fourth-order valence-corrected chi connectivity index (χ4v) is 1.86. The van der Waals surface area contributed by atoms with Crippen molar-refractivity contribution in [2.75, 3.05) is 6.61 Å². The summed E-state index contributed by atoms with van der Waals surface area (Å²) >= 11 is 0. The Morgan fingerprint density at radius 2 is 2.05 bits per heavy atom. The summed E-state index contributed by atoms with van der Waals surface area (Å²) in [5.74, 6) is 0.648. The van der Waals surface area contributed by atoms with Gasteiger partial charge in [0.25, 0.3) is 0 Å². The molecule has 0 aliphatic rings. The Morgan fingerprint density at radius 3 is 2.75 bits per heavy atom. The monoisotopic (exact) mass is 271 g/mol. The number of para-hydroxylation sites is 1. The second-order valence-corrected chi connectivity index (χ2v) is 4.30. The molecule has 0 spiro atoms. The van der Waals surface area contributed by atoms with Gasteiger partial charge in [0.15, 0.2) is 0 Å². The maximum absolute atomic E-state index is 11.9. The largest absolute Gasteiger partial charge is 0.466 e. The molecule has 0 fully saturated rings. The Morgan fingerprint density at radius 1 is 1.25 bits per heavy atom. The predicted molar refractivity (Wildman–Crippen MR) is 75.8 cm³/mol. The van der Waals surface area contributed by atoms with Gasteiger partial charge < -0.3 is 9.47 Å². The van der Waals surface area contributed by atoms with E-state index in [0.29, 0.717) is 18.1 Å². The van der Waals surface area contributed by atoms with Crippen LogP contribution in [0, 0.1) is 0 Å². The van der Waals surface area contributed by atoms with E-state index in [9.17, 15) is 4.79 Å². The zero-order chi connectivity index (χ0) is 14.4. The van der Waals surface area contributed by atoms with Crippen LogP contribution >= 0.6 is 0 Å². The molecule has 2 rings (SSSR count). The molecule has 0 saturated carbocycles. The molecule has 2 aromatic rings. The van der Waals surface area contributed by atoms with Crippen molar-refractivity contribution in [3.8, 4) is 11.5 Å². The first-order chi connectivity index (χ1) is 9.72. The van der Waals surface area contributed by atoms with Crippen LogP contribution in [0.2, 0.25) is 0 Å². The predicted octanol–water partition coefficient (Wildman–Crippen LogP) is 3.54. The summed E-state index contributed by atoms with van der Waals surface area (Å²) in [7, 11) is 0. The molecule has 0 aliphatic carbocycles. The quantitative estimate of drug-likeness (QED) is 0.780. The van der Waals surface area contributed by atoms with Crippen molar-refractivity contribution in [3.05, 3.63) is 54.4 Å². The smallest absolute Gasteiger partial charge is 0.313 e. The number of rotatable bonds is 5. The highest BCUT2D eigenvalue weighted by Gasteiger charge is 2.20. The number of benzene rings is 1. The highest BCUT2D eigenvalue weighted by Crippen LogP contribution is 2.30. The van der Waals surface area contributed by atoms with Crippen LogP contribution in [0.4, 0.5) is 0 Å². The molecule has 1 unspecified atom stereocenters. The maximum atomic E-state index is 11.9. The van der Waals surface area contributed by atoms with Gasteiger partial charge in [-0.2, -0.15) is 0 Å². The molecule has 4 nitrogen and oxygen atoms in total. The summed E-state index contributed by atoms with van der Waals surface area (Å²) < 4.78 is 10.8. The number of hydrogen-bond acceptors (Lipinski definition) is 4. The average Bonchev–Trinajstić information content (AvgIpc) is 2.48. The van der Waals surface area contributed by atoms with Gasteiger partial charge in [-0.3, -0.25) is 9.78 Å². The van der Waals surface area contributed by atoms with Gasteiger partial charge in [0.05, 0.1) is 18.7 Å². The van der Waals surface area contributed by atoms with Crippen molar-refractivity contribution in [1.29, 1.82) is 0 Å². The van der Waals surface area contributed by atoms with E-state index < -0.39 is 0 Å². The lowest BCUT2D eigenvalue weighted by Gasteiger charge is -2.15.